The molecule has 0 radical (unpaired) electrons. The van der Waals surface area contributed by atoms with Crippen molar-refractivity contribution in [1.82, 2.24) is 19.2 Å². The Hall–Kier alpha value is -2.75. The Morgan fingerprint density at radius 3 is 2.48 bits per heavy atom. The quantitative estimate of drug-likeness (QED) is 0.573. The Balaban J connectivity index is 1.46. The zero-order valence-electron chi connectivity index (χ0n) is 18.0. The van der Waals surface area contributed by atoms with E-state index in [0.717, 1.165) is 0 Å². The van der Waals surface area contributed by atoms with Crippen molar-refractivity contribution in [3.63, 3.8) is 0 Å². The number of piperidine rings is 1. The molecule has 0 spiro atoms. The van der Waals surface area contributed by atoms with Gasteiger partial charge in [0.2, 0.25) is 15.9 Å². The van der Waals surface area contributed by atoms with E-state index in [9.17, 15) is 17.6 Å². The molecule has 1 aliphatic heterocycles. The number of carbonyl (C=O) groups excluding carboxylic acids is 1. The van der Waals surface area contributed by atoms with E-state index in [2.05, 4.69) is 10.3 Å². The second kappa shape index (κ2) is 9.62. The minimum absolute atomic E-state index is 0.177. The third-order valence-electron chi connectivity index (χ3n) is 5.86. The third-order valence-corrected chi connectivity index (χ3v) is 8.03. The van der Waals surface area contributed by atoms with Crippen LogP contribution in [0.3, 0.4) is 0 Å². The number of rotatable bonds is 6. The molecule has 2 aromatic carbocycles. The van der Waals surface area contributed by atoms with Crippen LogP contribution in [-0.2, 0) is 21.9 Å². The average molecular weight is 491 g/mol. The molecule has 1 aromatic heterocycles. The fourth-order valence-corrected chi connectivity index (χ4v) is 5.61. The molecule has 1 saturated heterocycles. The standard InChI is InChI=1S/C23H24ClFN4O3S/c1-28-14-11-26-22(28)21(17-3-2-4-19(25)15-17)27-23(30)16-9-12-29(13-10-16)33(31,32)20-7-5-18(24)6-8-20/h2-8,11,14-16,21H,9-10,12-13H2,1H3,(H,27,30)/t21-/m0/s1. The van der Waals surface area contributed by atoms with Crippen LogP contribution in [0.2, 0.25) is 5.02 Å². The van der Waals surface area contributed by atoms with Gasteiger partial charge in [-0.15, -0.1) is 0 Å². The largest absolute Gasteiger partial charge is 0.342 e. The predicted octanol–water partition coefficient (Wildman–Crippen LogP) is 3.52. The molecular formula is C23H24ClFN4O3S. The van der Waals surface area contributed by atoms with Gasteiger partial charge in [-0.1, -0.05) is 23.7 Å². The smallest absolute Gasteiger partial charge is 0.243 e. The van der Waals surface area contributed by atoms with Crippen LogP contribution in [0.5, 0.6) is 0 Å². The number of amides is 1. The first kappa shape index (κ1) is 23.4. The van der Waals surface area contributed by atoms with Gasteiger partial charge in [0.1, 0.15) is 17.7 Å². The van der Waals surface area contributed by atoms with Crippen LogP contribution in [0.15, 0.2) is 65.8 Å². The van der Waals surface area contributed by atoms with Crippen molar-refractivity contribution >= 4 is 27.5 Å². The molecule has 7 nitrogen and oxygen atoms in total. The van der Waals surface area contributed by atoms with E-state index in [0.29, 0.717) is 29.3 Å². The first-order valence-corrected chi connectivity index (χ1v) is 12.4. The molecule has 0 unspecified atom stereocenters. The van der Waals surface area contributed by atoms with Gasteiger partial charge in [-0.2, -0.15) is 4.31 Å². The molecule has 174 valence electrons. The van der Waals surface area contributed by atoms with Gasteiger partial charge in [-0.3, -0.25) is 4.79 Å². The molecule has 1 fully saturated rings. The van der Waals surface area contributed by atoms with E-state index in [4.69, 9.17) is 11.6 Å². The highest BCUT2D eigenvalue weighted by Gasteiger charge is 2.33. The zero-order valence-corrected chi connectivity index (χ0v) is 19.6. The summed E-state index contributed by atoms with van der Waals surface area (Å²) in [6, 6.07) is 11.5. The summed E-state index contributed by atoms with van der Waals surface area (Å²) in [4.78, 5) is 17.6. The Morgan fingerprint density at radius 1 is 1.18 bits per heavy atom. The number of carbonyl (C=O) groups is 1. The molecular weight excluding hydrogens is 467 g/mol. The van der Waals surface area contributed by atoms with Gasteiger partial charge in [0, 0.05) is 43.5 Å². The van der Waals surface area contributed by atoms with Crippen LogP contribution < -0.4 is 5.32 Å². The lowest BCUT2D eigenvalue weighted by molar-refractivity contribution is -0.126. The molecule has 10 heteroatoms. The summed E-state index contributed by atoms with van der Waals surface area (Å²) in [5.41, 5.74) is 0.584. The van der Waals surface area contributed by atoms with Gasteiger partial charge in [0.15, 0.2) is 0 Å². The average Bonchev–Trinajstić information content (AvgIpc) is 3.23. The molecule has 3 aromatic rings. The van der Waals surface area contributed by atoms with E-state index in [1.807, 2.05) is 0 Å². The van der Waals surface area contributed by atoms with Crippen molar-refractivity contribution in [3.05, 3.63) is 83.2 Å². The highest BCUT2D eigenvalue weighted by Crippen LogP contribution is 2.27. The molecule has 0 saturated carbocycles. The lowest BCUT2D eigenvalue weighted by Crippen LogP contribution is -2.44. The fourth-order valence-electron chi connectivity index (χ4n) is 4.01. The molecule has 4 rings (SSSR count). The van der Waals surface area contributed by atoms with Crippen LogP contribution in [0, 0.1) is 11.7 Å². The van der Waals surface area contributed by atoms with Crippen molar-refractivity contribution < 1.29 is 17.6 Å². The van der Waals surface area contributed by atoms with Crippen LogP contribution in [0.4, 0.5) is 4.39 Å². The second-order valence-electron chi connectivity index (χ2n) is 8.03. The summed E-state index contributed by atoms with van der Waals surface area (Å²) < 4.78 is 42.8. The van der Waals surface area contributed by atoms with E-state index >= 15 is 0 Å². The number of imidazole rings is 1. The van der Waals surface area contributed by atoms with Crippen molar-refractivity contribution in [3.8, 4) is 0 Å². The Labute approximate surface area is 197 Å². The maximum absolute atomic E-state index is 13.9. The first-order chi connectivity index (χ1) is 15.8. The van der Waals surface area contributed by atoms with Crippen LogP contribution in [0.25, 0.3) is 0 Å². The molecule has 0 aliphatic carbocycles. The summed E-state index contributed by atoms with van der Waals surface area (Å²) in [5, 5.41) is 3.46. The number of aromatic nitrogens is 2. The third kappa shape index (κ3) is 5.10. The maximum Gasteiger partial charge on any atom is 0.243 e. The van der Waals surface area contributed by atoms with Crippen molar-refractivity contribution in [2.45, 2.75) is 23.8 Å². The SMILES string of the molecule is Cn1ccnc1[C@@H](NC(=O)C1CCN(S(=O)(=O)c2ccc(Cl)cc2)CC1)c1cccc(F)c1. The van der Waals surface area contributed by atoms with E-state index < -0.39 is 21.9 Å². The van der Waals surface area contributed by atoms with Crippen LogP contribution in [-0.4, -0.2) is 41.3 Å². The van der Waals surface area contributed by atoms with Crippen molar-refractivity contribution in [1.29, 1.82) is 0 Å². The van der Waals surface area contributed by atoms with Gasteiger partial charge in [-0.05, 0) is 54.8 Å². The van der Waals surface area contributed by atoms with Gasteiger partial charge in [0.05, 0.1) is 4.90 Å². The monoisotopic (exact) mass is 490 g/mol. The molecule has 1 N–H and O–H groups in total. The Morgan fingerprint density at radius 2 is 1.88 bits per heavy atom. The maximum atomic E-state index is 13.9. The highest BCUT2D eigenvalue weighted by atomic mass is 35.5. The highest BCUT2D eigenvalue weighted by molar-refractivity contribution is 7.89. The zero-order chi connectivity index (χ0) is 23.6. The van der Waals surface area contributed by atoms with Gasteiger partial charge >= 0.3 is 0 Å². The van der Waals surface area contributed by atoms with Crippen LogP contribution in [0.1, 0.15) is 30.3 Å². The van der Waals surface area contributed by atoms with Crippen molar-refractivity contribution in [2.75, 3.05) is 13.1 Å². The molecule has 1 amide bonds. The minimum atomic E-state index is -3.65. The Bertz CT molecular complexity index is 1240. The minimum Gasteiger partial charge on any atom is -0.342 e. The van der Waals surface area contributed by atoms with Crippen LogP contribution >= 0.6 is 11.6 Å². The number of nitrogens with zero attached hydrogens (tertiary/aromatic N) is 3. The summed E-state index contributed by atoms with van der Waals surface area (Å²) >= 11 is 5.86. The normalized spacial score (nSPS) is 16.5. The number of benzene rings is 2. The van der Waals surface area contributed by atoms with E-state index in [1.165, 1.54) is 28.6 Å². The summed E-state index contributed by atoms with van der Waals surface area (Å²) in [7, 11) is -1.85. The predicted molar refractivity (Wildman–Crippen MR) is 123 cm³/mol. The number of hydrogen-bond acceptors (Lipinski definition) is 4. The first-order valence-electron chi connectivity index (χ1n) is 10.5. The van der Waals surface area contributed by atoms with Gasteiger partial charge in [0.25, 0.3) is 0 Å². The topological polar surface area (TPSA) is 84.3 Å². The molecule has 2 heterocycles. The molecule has 1 atom stereocenters. The number of aryl methyl sites for hydroxylation is 1. The lowest BCUT2D eigenvalue weighted by atomic mass is 9.96. The molecule has 0 bridgehead atoms. The second-order valence-corrected chi connectivity index (χ2v) is 10.4. The summed E-state index contributed by atoms with van der Waals surface area (Å²) in [5.74, 6) is -0.396. The summed E-state index contributed by atoms with van der Waals surface area (Å²) in [6.07, 6.45) is 4.14. The number of halogens is 2. The number of sulfonamides is 1. The molecule has 33 heavy (non-hydrogen) atoms. The van der Waals surface area contributed by atoms with Gasteiger partial charge < -0.3 is 9.88 Å². The lowest BCUT2D eigenvalue weighted by Gasteiger charge is -2.31. The van der Waals surface area contributed by atoms with E-state index in [-0.39, 0.29) is 29.8 Å². The number of hydrogen-bond donors (Lipinski definition) is 1. The fraction of sp³-hybridized carbons (Fsp3) is 0.304. The summed E-state index contributed by atoms with van der Waals surface area (Å²) in [6.45, 7) is 0.464. The Kier molecular flexibility index (Phi) is 6.83. The van der Waals surface area contributed by atoms with Crippen molar-refractivity contribution in [2.24, 2.45) is 13.0 Å². The number of nitrogens with one attached hydrogen (secondary N) is 1. The van der Waals surface area contributed by atoms with E-state index in [1.54, 1.807) is 48.3 Å². The van der Waals surface area contributed by atoms with Gasteiger partial charge in [-0.25, -0.2) is 17.8 Å². The molecule has 1 aliphatic rings.